The van der Waals surface area contributed by atoms with Gasteiger partial charge in [0.25, 0.3) is 5.91 Å². The first-order chi connectivity index (χ1) is 12.6. The Morgan fingerprint density at radius 2 is 1.63 bits per heavy atom. The summed E-state index contributed by atoms with van der Waals surface area (Å²) in [6.45, 7) is 1.42. The van der Waals surface area contributed by atoms with Gasteiger partial charge in [-0.15, -0.1) is 0 Å². The van der Waals surface area contributed by atoms with Crippen molar-refractivity contribution in [3.8, 4) is 0 Å². The molecule has 1 aromatic carbocycles. The first kappa shape index (κ1) is 21.3. The summed E-state index contributed by atoms with van der Waals surface area (Å²) in [5, 5.41) is 10.9. The predicted molar refractivity (Wildman–Crippen MR) is 110 cm³/mol. The normalized spacial score (nSPS) is 12.0. The third kappa shape index (κ3) is 6.91. The number of anilines is 2. The molecule has 0 bridgehead atoms. The number of carbonyl (C=O) groups is 2. The number of benzene rings is 1. The number of nitrogens with one attached hydrogen (secondary N) is 4. The van der Waals surface area contributed by atoms with Gasteiger partial charge in [0.2, 0.25) is 9.70 Å². The van der Waals surface area contributed by atoms with Crippen molar-refractivity contribution in [1.29, 1.82) is 0 Å². The van der Waals surface area contributed by atoms with Crippen LogP contribution in [0.25, 0.3) is 0 Å². The molecule has 0 aliphatic rings. The number of hydrogen-bond acceptors (Lipinski definition) is 4. The maximum atomic E-state index is 12.1. The average molecular weight is 450 g/mol. The average Bonchev–Trinajstić information content (AvgIpc) is 3.09. The van der Waals surface area contributed by atoms with E-state index in [0.717, 1.165) is 0 Å². The Bertz CT molecular complexity index is 807. The van der Waals surface area contributed by atoms with Crippen LogP contribution < -0.4 is 21.3 Å². The molecule has 0 aliphatic carbocycles. The maximum Gasteiger partial charge on any atom is 0.288 e. The summed E-state index contributed by atoms with van der Waals surface area (Å²) in [6.07, 6.45) is 0.225. The molecule has 0 spiro atoms. The van der Waals surface area contributed by atoms with Crippen LogP contribution >= 0.6 is 47.0 Å². The first-order valence-electron chi connectivity index (χ1n) is 7.51. The van der Waals surface area contributed by atoms with Gasteiger partial charge in [0.1, 0.15) is 6.17 Å². The molecular formula is C16H15Cl3N4O3S. The standard InChI is InChI=1S/C16H15Cl3N4O3S/c1-9(24)20-10-4-6-11(7-5-10)21-15(27)23-14(16(17,18)19)22-13(25)12-3-2-8-26-12/h2-8,14H,1H3,(H,20,24)(H,22,25)(H2,21,23,27)/t14-/m1/s1. The minimum atomic E-state index is -1.89. The quantitative estimate of drug-likeness (QED) is 0.316. The third-order valence-electron chi connectivity index (χ3n) is 3.09. The number of amides is 2. The fourth-order valence-corrected chi connectivity index (χ4v) is 2.51. The van der Waals surface area contributed by atoms with Crippen molar-refractivity contribution < 1.29 is 14.0 Å². The highest BCUT2D eigenvalue weighted by atomic mass is 35.6. The summed E-state index contributed by atoms with van der Waals surface area (Å²) in [5.74, 6) is -0.694. The highest BCUT2D eigenvalue weighted by molar-refractivity contribution is 7.80. The highest BCUT2D eigenvalue weighted by Gasteiger charge is 2.35. The molecule has 11 heteroatoms. The summed E-state index contributed by atoms with van der Waals surface area (Å²) in [5.41, 5.74) is 1.26. The summed E-state index contributed by atoms with van der Waals surface area (Å²) in [7, 11) is 0. The fraction of sp³-hybridized carbons (Fsp3) is 0.188. The van der Waals surface area contributed by atoms with E-state index in [1.165, 1.54) is 19.3 Å². The van der Waals surface area contributed by atoms with Crippen LogP contribution in [-0.2, 0) is 4.79 Å². The Morgan fingerprint density at radius 3 is 2.11 bits per heavy atom. The minimum absolute atomic E-state index is 0.0588. The maximum absolute atomic E-state index is 12.1. The van der Waals surface area contributed by atoms with E-state index in [-0.39, 0.29) is 16.8 Å². The lowest BCUT2D eigenvalue weighted by atomic mass is 10.3. The van der Waals surface area contributed by atoms with Gasteiger partial charge in [0.05, 0.1) is 6.26 Å². The second-order valence-corrected chi connectivity index (χ2v) is 8.06. The van der Waals surface area contributed by atoms with Crippen molar-refractivity contribution in [2.75, 3.05) is 10.6 Å². The van der Waals surface area contributed by atoms with E-state index in [9.17, 15) is 9.59 Å². The second-order valence-electron chi connectivity index (χ2n) is 5.28. The number of carbonyl (C=O) groups excluding carboxylic acids is 2. The van der Waals surface area contributed by atoms with Gasteiger partial charge in [-0.3, -0.25) is 9.59 Å². The van der Waals surface area contributed by atoms with Gasteiger partial charge >= 0.3 is 0 Å². The SMILES string of the molecule is CC(=O)Nc1ccc(NC(=S)N[C@@H](NC(=O)c2ccco2)C(Cl)(Cl)Cl)cc1. The molecule has 0 fully saturated rings. The van der Waals surface area contributed by atoms with E-state index in [1.54, 1.807) is 30.3 Å². The van der Waals surface area contributed by atoms with Crippen LogP contribution in [-0.4, -0.2) is 26.9 Å². The van der Waals surface area contributed by atoms with Crippen LogP contribution in [0.1, 0.15) is 17.5 Å². The fourth-order valence-electron chi connectivity index (χ4n) is 1.95. The number of alkyl halides is 3. The van der Waals surface area contributed by atoms with Crippen LogP contribution in [0.3, 0.4) is 0 Å². The van der Waals surface area contributed by atoms with E-state index in [0.29, 0.717) is 11.4 Å². The molecule has 0 unspecified atom stereocenters. The molecule has 2 aromatic rings. The van der Waals surface area contributed by atoms with Crippen molar-refractivity contribution >= 4 is 75.3 Å². The molecular weight excluding hydrogens is 435 g/mol. The third-order valence-corrected chi connectivity index (χ3v) is 3.96. The number of thiocarbonyl (C=S) groups is 1. The number of rotatable bonds is 5. The lowest BCUT2D eigenvalue weighted by Crippen LogP contribution is -2.56. The van der Waals surface area contributed by atoms with Crippen molar-refractivity contribution in [2.24, 2.45) is 0 Å². The Morgan fingerprint density at radius 1 is 1.04 bits per heavy atom. The van der Waals surface area contributed by atoms with Gasteiger partial charge in [0.15, 0.2) is 10.9 Å². The van der Waals surface area contributed by atoms with Crippen LogP contribution in [0.2, 0.25) is 0 Å². The zero-order valence-corrected chi connectivity index (χ0v) is 17.0. The van der Waals surface area contributed by atoms with Crippen molar-refractivity contribution in [2.45, 2.75) is 16.9 Å². The first-order valence-corrected chi connectivity index (χ1v) is 9.05. The molecule has 0 saturated carbocycles. The molecule has 27 heavy (non-hydrogen) atoms. The number of furan rings is 1. The highest BCUT2D eigenvalue weighted by Crippen LogP contribution is 2.29. The molecule has 4 N–H and O–H groups in total. The Hall–Kier alpha value is -2.00. The monoisotopic (exact) mass is 448 g/mol. The van der Waals surface area contributed by atoms with Crippen LogP contribution in [0.4, 0.5) is 11.4 Å². The van der Waals surface area contributed by atoms with Crippen molar-refractivity contribution in [3.05, 3.63) is 48.4 Å². The van der Waals surface area contributed by atoms with Gasteiger partial charge < -0.3 is 25.7 Å². The molecule has 0 saturated heterocycles. The van der Waals surface area contributed by atoms with E-state index >= 15 is 0 Å². The number of hydrogen-bond donors (Lipinski definition) is 4. The second kappa shape index (κ2) is 9.27. The molecule has 1 aromatic heterocycles. The Labute approximate surface area is 175 Å². The van der Waals surface area contributed by atoms with Gasteiger partial charge in [-0.2, -0.15) is 0 Å². The molecule has 1 heterocycles. The molecule has 144 valence electrons. The van der Waals surface area contributed by atoms with Crippen LogP contribution in [0.15, 0.2) is 47.1 Å². The lowest BCUT2D eigenvalue weighted by Gasteiger charge is -2.27. The largest absolute Gasteiger partial charge is 0.459 e. The number of halogens is 3. The van der Waals surface area contributed by atoms with E-state index in [4.69, 9.17) is 51.4 Å². The van der Waals surface area contributed by atoms with E-state index in [2.05, 4.69) is 21.3 Å². The summed E-state index contributed by atoms with van der Waals surface area (Å²) in [6, 6.07) is 9.81. The lowest BCUT2D eigenvalue weighted by molar-refractivity contribution is -0.114. The van der Waals surface area contributed by atoms with Gasteiger partial charge in [-0.05, 0) is 48.6 Å². The molecule has 0 aliphatic heterocycles. The predicted octanol–water partition coefficient (Wildman–Crippen LogP) is 3.65. The van der Waals surface area contributed by atoms with Gasteiger partial charge in [0, 0.05) is 18.3 Å². The molecule has 7 nitrogen and oxygen atoms in total. The topological polar surface area (TPSA) is 95.4 Å². The van der Waals surface area contributed by atoms with Crippen LogP contribution in [0.5, 0.6) is 0 Å². The van der Waals surface area contributed by atoms with Gasteiger partial charge in [-0.1, -0.05) is 34.8 Å². The summed E-state index contributed by atoms with van der Waals surface area (Å²) < 4.78 is 3.11. The Balaban J connectivity index is 1.99. The van der Waals surface area contributed by atoms with Gasteiger partial charge in [-0.25, -0.2) is 0 Å². The minimum Gasteiger partial charge on any atom is -0.459 e. The molecule has 0 radical (unpaired) electrons. The van der Waals surface area contributed by atoms with E-state index in [1.807, 2.05) is 0 Å². The van der Waals surface area contributed by atoms with E-state index < -0.39 is 15.9 Å². The summed E-state index contributed by atoms with van der Waals surface area (Å²) >= 11 is 22.9. The molecule has 2 rings (SSSR count). The zero-order valence-electron chi connectivity index (χ0n) is 13.9. The van der Waals surface area contributed by atoms with Crippen LogP contribution in [0, 0.1) is 0 Å². The summed E-state index contributed by atoms with van der Waals surface area (Å²) in [4.78, 5) is 23.1. The Kier molecular flexibility index (Phi) is 7.32. The smallest absolute Gasteiger partial charge is 0.288 e. The zero-order chi connectivity index (χ0) is 20.0. The van der Waals surface area contributed by atoms with Crippen molar-refractivity contribution in [1.82, 2.24) is 10.6 Å². The van der Waals surface area contributed by atoms with Crippen molar-refractivity contribution in [3.63, 3.8) is 0 Å². The molecule has 1 atom stereocenters. The molecule has 2 amide bonds.